The Bertz CT molecular complexity index is 671. The first-order valence-corrected chi connectivity index (χ1v) is 7.68. The summed E-state index contributed by atoms with van der Waals surface area (Å²) in [6.45, 7) is 4.35. The van der Waals surface area contributed by atoms with Crippen LogP contribution in [0, 0.1) is 0 Å². The van der Waals surface area contributed by atoms with Gasteiger partial charge in [-0.1, -0.05) is 19.1 Å². The molecule has 120 valence electrons. The van der Waals surface area contributed by atoms with Crippen LogP contribution >= 0.6 is 0 Å². The van der Waals surface area contributed by atoms with Gasteiger partial charge >= 0.3 is 0 Å². The van der Waals surface area contributed by atoms with Crippen molar-refractivity contribution in [1.29, 1.82) is 0 Å². The number of nitrogens with zero attached hydrogens (tertiary/aromatic N) is 1. The van der Waals surface area contributed by atoms with Gasteiger partial charge in [0, 0.05) is 30.5 Å². The Morgan fingerprint density at radius 1 is 1.13 bits per heavy atom. The second-order valence-corrected chi connectivity index (χ2v) is 5.41. The molecule has 0 radical (unpaired) electrons. The summed E-state index contributed by atoms with van der Waals surface area (Å²) in [6, 6.07) is 10.8. The minimum atomic E-state index is -0.187. The van der Waals surface area contributed by atoms with E-state index in [2.05, 4.69) is 15.6 Å². The Balaban J connectivity index is 1.97. The number of carbonyl (C=O) groups is 2. The number of pyridine rings is 1. The fourth-order valence-corrected chi connectivity index (χ4v) is 2.01. The minimum absolute atomic E-state index is 0.0974. The molecular formula is C18H21N3O2. The molecule has 2 N–H and O–H groups in total. The Hall–Kier alpha value is -2.69. The Kier molecular flexibility index (Phi) is 5.86. The summed E-state index contributed by atoms with van der Waals surface area (Å²) in [7, 11) is 0. The molecule has 2 aromatic rings. The molecule has 1 aromatic heterocycles. The van der Waals surface area contributed by atoms with Crippen molar-refractivity contribution in [2.24, 2.45) is 0 Å². The van der Waals surface area contributed by atoms with E-state index in [9.17, 15) is 9.59 Å². The SMILES string of the molecule is CCC(C)NC(=O)c1cccc(CNC(=O)c2cccnc2)c1. The number of carbonyl (C=O) groups excluding carboxylic acids is 2. The van der Waals surface area contributed by atoms with E-state index in [0.29, 0.717) is 17.7 Å². The standard InChI is InChI=1S/C18H21N3O2/c1-3-13(2)21-18(23)15-7-4-6-14(10-15)11-20-17(22)16-8-5-9-19-12-16/h4-10,12-13H,3,11H2,1-2H3,(H,20,22)(H,21,23). The van der Waals surface area contributed by atoms with Crippen LogP contribution in [0.1, 0.15) is 46.5 Å². The molecule has 0 aliphatic heterocycles. The molecule has 0 aliphatic rings. The van der Waals surface area contributed by atoms with E-state index >= 15 is 0 Å². The molecule has 23 heavy (non-hydrogen) atoms. The third kappa shape index (κ3) is 4.92. The quantitative estimate of drug-likeness (QED) is 0.861. The zero-order valence-electron chi connectivity index (χ0n) is 13.4. The van der Waals surface area contributed by atoms with Crippen molar-refractivity contribution in [2.45, 2.75) is 32.9 Å². The fourth-order valence-electron chi connectivity index (χ4n) is 2.01. The van der Waals surface area contributed by atoms with Crippen molar-refractivity contribution in [3.8, 4) is 0 Å². The highest BCUT2D eigenvalue weighted by Crippen LogP contribution is 2.07. The van der Waals surface area contributed by atoms with E-state index in [-0.39, 0.29) is 17.9 Å². The number of nitrogens with one attached hydrogen (secondary N) is 2. The average molecular weight is 311 g/mol. The molecule has 1 aromatic carbocycles. The molecular weight excluding hydrogens is 290 g/mol. The van der Waals surface area contributed by atoms with Crippen LogP contribution in [0.15, 0.2) is 48.8 Å². The van der Waals surface area contributed by atoms with Gasteiger partial charge < -0.3 is 10.6 Å². The maximum Gasteiger partial charge on any atom is 0.253 e. The smallest absolute Gasteiger partial charge is 0.253 e. The highest BCUT2D eigenvalue weighted by Gasteiger charge is 2.10. The van der Waals surface area contributed by atoms with Gasteiger partial charge in [0.1, 0.15) is 0 Å². The van der Waals surface area contributed by atoms with E-state index in [1.54, 1.807) is 30.5 Å². The molecule has 2 amide bonds. The fraction of sp³-hybridized carbons (Fsp3) is 0.278. The summed E-state index contributed by atoms with van der Waals surface area (Å²) < 4.78 is 0. The summed E-state index contributed by atoms with van der Waals surface area (Å²) in [4.78, 5) is 28.0. The van der Waals surface area contributed by atoms with Gasteiger partial charge in [-0.15, -0.1) is 0 Å². The number of hydrogen-bond donors (Lipinski definition) is 2. The van der Waals surface area contributed by atoms with Crippen LogP contribution in [0.2, 0.25) is 0 Å². The van der Waals surface area contributed by atoms with Gasteiger partial charge in [0.05, 0.1) is 5.56 Å². The maximum atomic E-state index is 12.1. The minimum Gasteiger partial charge on any atom is -0.350 e. The van der Waals surface area contributed by atoms with Crippen molar-refractivity contribution in [3.05, 3.63) is 65.5 Å². The van der Waals surface area contributed by atoms with Crippen molar-refractivity contribution < 1.29 is 9.59 Å². The summed E-state index contributed by atoms with van der Waals surface area (Å²) in [5.41, 5.74) is 1.98. The molecule has 0 saturated heterocycles. The van der Waals surface area contributed by atoms with Crippen LogP contribution in [-0.4, -0.2) is 22.8 Å². The van der Waals surface area contributed by atoms with Crippen LogP contribution < -0.4 is 10.6 Å². The largest absolute Gasteiger partial charge is 0.350 e. The number of amides is 2. The van der Waals surface area contributed by atoms with E-state index < -0.39 is 0 Å². The van der Waals surface area contributed by atoms with Crippen LogP contribution in [0.25, 0.3) is 0 Å². The van der Waals surface area contributed by atoms with E-state index in [0.717, 1.165) is 12.0 Å². The summed E-state index contributed by atoms with van der Waals surface area (Å²) >= 11 is 0. The van der Waals surface area contributed by atoms with Crippen molar-refractivity contribution in [3.63, 3.8) is 0 Å². The molecule has 0 fully saturated rings. The normalized spacial score (nSPS) is 11.6. The Labute approximate surface area is 136 Å². The van der Waals surface area contributed by atoms with E-state index in [1.807, 2.05) is 26.0 Å². The van der Waals surface area contributed by atoms with E-state index in [4.69, 9.17) is 0 Å². The van der Waals surface area contributed by atoms with Gasteiger partial charge in [-0.2, -0.15) is 0 Å². The molecule has 0 aliphatic carbocycles. The summed E-state index contributed by atoms with van der Waals surface area (Å²) in [5, 5.41) is 5.75. The predicted molar refractivity (Wildman–Crippen MR) is 89.1 cm³/mol. The molecule has 2 rings (SSSR count). The van der Waals surface area contributed by atoms with Gasteiger partial charge in [-0.05, 0) is 43.2 Å². The number of hydrogen-bond acceptors (Lipinski definition) is 3. The molecule has 1 atom stereocenters. The summed E-state index contributed by atoms with van der Waals surface area (Å²) in [5.74, 6) is -0.285. The predicted octanol–water partition coefficient (Wildman–Crippen LogP) is 2.54. The van der Waals surface area contributed by atoms with Crippen LogP contribution in [0.3, 0.4) is 0 Å². The van der Waals surface area contributed by atoms with Gasteiger partial charge in [0.25, 0.3) is 11.8 Å². The topological polar surface area (TPSA) is 71.1 Å². The number of rotatable bonds is 6. The highest BCUT2D eigenvalue weighted by molar-refractivity contribution is 5.95. The van der Waals surface area contributed by atoms with E-state index in [1.165, 1.54) is 6.20 Å². The molecule has 0 saturated carbocycles. The third-order valence-corrected chi connectivity index (χ3v) is 3.56. The zero-order valence-corrected chi connectivity index (χ0v) is 13.4. The summed E-state index contributed by atoms with van der Waals surface area (Å²) in [6.07, 6.45) is 4.02. The second kappa shape index (κ2) is 8.08. The van der Waals surface area contributed by atoms with Crippen molar-refractivity contribution in [2.75, 3.05) is 0 Å². The first kappa shape index (κ1) is 16.7. The van der Waals surface area contributed by atoms with Gasteiger partial charge in [-0.3, -0.25) is 14.6 Å². The first-order valence-electron chi connectivity index (χ1n) is 7.68. The monoisotopic (exact) mass is 311 g/mol. The van der Waals surface area contributed by atoms with Crippen LogP contribution in [-0.2, 0) is 6.54 Å². The lowest BCUT2D eigenvalue weighted by Gasteiger charge is -2.12. The molecule has 5 heteroatoms. The second-order valence-electron chi connectivity index (χ2n) is 5.41. The third-order valence-electron chi connectivity index (χ3n) is 3.56. The molecule has 1 heterocycles. The van der Waals surface area contributed by atoms with Gasteiger partial charge in [-0.25, -0.2) is 0 Å². The number of aromatic nitrogens is 1. The first-order chi connectivity index (χ1) is 11.1. The molecule has 0 bridgehead atoms. The Morgan fingerprint density at radius 3 is 2.61 bits per heavy atom. The number of benzene rings is 1. The van der Waals surface area contributed by atoms with Crippen LogP contribution in [0.4, 0.5) is 0 Å². The van der Waals surface area contributed by atoms with Crippen molar-refractivity contribution in [1.82, 2.24) is 15.6 Å². The lowest BCUT2D eigenvalue weighted by Crippen LogP contribution is -2.32. The lowest BCUT2D eigenvalue weighted by molar-refractivity contribution is 0.0936. The van der Waals surface area contributed by atoms with Crippen molar-refractivity contribution >= 4 is 11.8 Å². The van der Waals surface area contributed by atoms with Gasteiger partial charge in [0.2, 0.25) is 0 Å². The highest BCUT2D eigenvalue weighted by atomic mass is 16.2. The lowest BCUT2D eigenvalue weighted by atomic mass is 10.1. The maximum absolute atomic E-state index is 12.1. The molecule has 1 unspecified atom stereocenters. The van der Waals surface area contributed by atoms with Gasteiger partial charge in [0.15, 0.2) is 0 Å². The molecule has 0 spiro atoms. The zero-order chi connectivity index (χ0) is 16.7. The molecule has 5 nitrogen and oxygen atoms in total. The van der Waals surface area contributed by atoms with Crippen LogP contribution in [0.5, 0.6) is 0 Å². The Morgan fingerprint density at radius 2 is 1.91 bits per heavy atom. The average Bonchev–Trinajstić information content (AvgIpc) is 2.60.